The minimum Gasteiger partial charge on any atom is -0.354 e. The number of nitrogens with one attached hydrogen (secondary N) is 1. The van der Waals surface area contributed by atoms with E-state index in [9.17, 15) is 31.2 Å². The second-order valence-corrected chi connectivity index (χ2v) is 13.7. The molecule has 0 unspecified atom stereocenters. The van der Waals surface area contributed by atoms with E-state index in [0.29, 0.717) is 22.0 Å². The van der Waals surface area contributed by atoms with Gasteiger partial charge in [-0.2, -0.15) is 13.2 Å². The number of anilines is 1. The molecule has 2 amide bonds. The summed E-state index contributed by atoms with van der Waals surface area (Å²) in [6.45, 7) is 2.49. The third-order valence-corrected chi connectivity index (χ3v) is 9.50. The van der Waals surface area contributed by atoms with Gasteiger partial charge in [0.15, 0.2) is 0 Å². The summed E-state index contributed by atoms with van der Waals surface area (Å²) in [4.78, 5) is 29.0. The van der Waals surface area contributed by atoms with Crippen LogP contribution in [0.4, 0.5) is 23.2 Å². The van der Waals surface area contributed by atoms with Gasteiger partial charge in [0.2, 0.25) is 11.8 Å². The molecule has 4 aromatic rings. The maximum atomic E-state index is 15.0. The summed E-state index contributed by atoms with van der Waals surface area (Å²) < 4.78 is 85.1. The Hall–Kier alpha value is -4.42. The Morgan fingerprint density at radius 1 is 0.875 bits per heavy atom. The number of carbonyl (C=O) groups excluding carboxylic acids is 2. The van der Waals surface area contributed by atoms with Gasteiger partial charge in [0.1, 0.15) is 18.4 Å². The second kappa shape index (κ2) is 15.7. The van der Waals surface area contributed by atoms with Crippen LogP contribution in [0.5, 0.6) is 0 Å². The zero-order valence-electron chi connectivity index (χ0n) is 26.1. The van der Waals surface area contributed by atoms with Gasteiger partial charge in [0.05, 0.1) is 21.2 Å². The van der Waals surface area contributed by atoms with Crippen molar-refractivity contribution < 1.29 is 35.6 Å². The van der Waals surface area contributed by atoms with Crippen LogP contribution in [0.3, 0.4) is 0 Å². The third-order valence-electron chi connectivity index (χ3n) is 7.41. The van der Waals surface area contributed by atoms with Gasteiger partial charge in [-0.15, -0.1) is 0 Å². The molecule has 7 nitrogen and oxygen atoms in total. The van der Waals surface area contributed by atoms with Gasteiger partial charge in [-0.25, -0.2) is 12.8 Å². The molecule has 0 radical (unpaired) electrons. The van der Waals surface area contributed by atoms with Crippen LogP contribution in [0.2, 0.25) is 5.02 Å². The first-order chi connectivity index (χ1) is 22.7. The van der Waals surface area contributed by atoms with Crippen molar-refractivity contribution in [1.29, 1.82) is 0 Å². The number of nitrogens with zero attached hydrogens (tertiary/aromatic N) is 2. The average molecular weight is 704 g/mol. The molecule has 13 heteroatoms. The molecule has 4 rings (SSSR count). The van der Waals surface area contributed by atoms with Gasteiger partial charge in [0.25, 0.3) is 10.0 Å². The van der Waals surface area contributed by atoms with Crippen molar-refractivity contribution in [2.45, 2.75) is 43.9 Å². The molecular formula is C35H34ClF4N3O4S. The van der Waals surface area contributed by atoms with Gasteiger partial charge in [-0.05, 0) is 47.9 Å². The fraction of sp³-hybridized carbons (Fsp3) is 0.257. The monoisotopic (exact) mass is 703 g/mol. The highest BCUT2D eigenvalue weighted by molar-refractivity contribution is 7.92. The van der Waals surface area contributed by atoms with E-state index in [1.165, 1.54) is 42.5 Å². The van der Waals surface area contributed by atoms with E-state index >= 15 is 4.39 Å². The van der Waals surface area contributed by atoms with E-state index in [0.717, 1.165) is 11.0 Å². The SMILES string of the molecule is CC(C)CNC(=O)[C@H](Cc1ccccc1)N(Cc1ccccc1F)C(=O)CN(c1cc(C(F)(F)F)ccc1Cl)S(=O)(=O)c1ccccc1. The predicted molar refractivity (Wildman–Crippen MR) is 176 cm³/mol. The number of benzene rings is 4. The van der Waals surface area contributed by atoms with Gasteiger partial charge >= 0.3 is 6.18 Å². The zero-order chi connectivity index (χ0) is 35.1. The van der Waals surface area contributed by atoms with Crippen molar-refractivity contribution in [3.05, 3.63) is 131 Å². The summed E-state index contributed by atoms with van der Waals surface area (Å²) in [5.74, 6) is -2.19. The van der Waals surface area contributed by atoms with Crippen molar-refractivity contribution in [3.8, 4) is 0 Å². The Balaban J connectivity index is 1.87. The molecule has 1 N–H and O–H groups in total. The van der Waals surface area contributed by atoms with Crippen molar-refractivity contribution in [1.82, 2.24) is 10.2 Å². The molecule has 0 heterocycles. The Kier molecular flexibility index (Phi) is 11.9. The number of sulfonamides is 1. The smallest absolute Gasteiger partial charge is 0.354 e. The number of rotatable bonds is 13. The lowest BCUT2D eigenvalue weighted by molar-refractivity contribution is -0.140. The summed E-state index contributed by atoms with van der Waals surface area (Å²) >= 11 is 6.33. The molecule has 0 saturated carbocycles. The van der Waals surface area contributed by atoms with Crippen molar-refractivity contribution in [2.75, 3.05) is 17.4 Å². The van der Waals surface area contributed by atoms with Crippen LogP contribution in [0.25, 0.3) is 0 Å². The molecule has 4 aromatic carbocycles. The molecule has 0 spiro atoms. The normalized spacial score (nSPS) is 12.4. The lowest BCUT2D eigenvalue weighted by Gasteiger charge is -2.34. The van der Waals surface area contributed by atoms with Crippen LogP contribution in [0.1, 0.15) is 30.5 Å². The highest BCUT2D eigenvalue weighted by atomic mass is 35.5. The molecule has 0 fully saturated rings. The van der Waals surface area contributed by atoms with E-state index in [-0.39, 0.29) is 34.4 Å². The van der Waals surface area contributed by atoms with E-state index in [2.05, 4.69) is 5.32 Å². The fourth-order valence-corrected chi connectivity index (χ4v) is 6.62. The molecule has 0 aliphatic carbocycles. The predicted octanol–water partition coefficient (Wildman–Crippen LogP) is 7.11. The lowest BCUT2D eigenvalue weighted by atomic mass is 10.0. The van der Waals surface area contributed by atoms with E-state index < -0.39 is 64.2 Å². The van der Waals surface area contributed by atoms with Crippen molar-refractivity contribution >= 4 is 39.1 Å². The quantitative estimate of drug-likeness (QED) is 0.151. The van der Waals surface area contributed by atoms with Crippen molar-refractivity contribution in [3.63, 3.8) is 0 Å². The molecule has 0 aliphatic rings. The largest absolute Gasteiger partial charge is 0.416 e. The number of alkyl halides is 3. The maximum absolute atomic E-state index is 15.0. The Bertz CT molecular complexity index is 1820. The van der Waals surface area contributed by atoms with E-state index in [4.69, 9.17) is 11.6 Å². The Labute approximate surface area is 282 Å². The topological polar surface area (TPSA) is 86.8 Å². The standard InChI is InChI=1S/C35H34ClF4N3O4S/c1-24(2)21-41-34(45)32(19-25-11-5-3-6-12-25)42(22-26-13-9-10-16-30(26)37)33(44)23-43(48(46,47)28-14-7-4-8-15-28)31-20-27(35(38,39)40)17-18-29(31)36/h3-18,20,24,32H,19,21-23H2,1-2H3,(H,41,45)/t32-/m0/s1. The first-order valence-corrected chi connectivity index (χ1v) is 16.8. The van der Waals surface area contributed by atoms with Crippen LogP contribution in [0, 0.1) is 11.7 Å². The van der Waals surface area contributed by atoms with Crippen LogP contribution in [-0.4, -0.2) is 44.3 Å². The first kappa shape index (κ1) is 36.4. The highest BCUT2D eigenvalue weighted by Crippen LogP contribution is 2.37. The van der Waals surface area contributed by atoms with Crippen LogP contribution in [0.15, 0.2) is 108 Å². The number of carbonyl (C=O) groups is 2. The zero-order valence-corrected chi connectivity index (χ0v) is 27.7. The molecular weight excluding hydrogens is 670 g/mol. The first-order valence-electron chi connectivity index (χ1n) is 15.0. The Morgan fingerprint density at radius 2 is 1.48 bits per heavy atom. The fourth-order valence-electron chi connectivity index (χ4n) is 4.90. The molecule has 1 atom stereocenters. The van der Waals surface area contributed by atoms with Gasteiger partial charge in [-0.3, -0.25) is 13.9 Å². The van der Waals surface area contributed by atoms with E-state index in [1.54, 1.807) is 42.5 Å². The van der Waals surface area contributed by atoms with Crippen molar-refractivity contribution in [2.24, 2.45) is 5.92 Å². The van der Waals surface area contributed by atoms with E-state index in [1.807, 2.05) is 13.8 Å². The molecule has 48 heavy (non-hydrogen) atoms. The second-order valence-electron chi connectivity index (χ2n) is 11.4. The van der Waals surface area contributed by atoms with Gasteiger partial charge < -0.3 is 10.2 Å². The summed E-state index contributed by atoms with van der Waals surface area (Å²) in [5.41, 5.74) is -1.10. The number of amides is 2. The summed E-state index contributed by atoms with van der Waals surface area (Å²) in [5, 5.41) is 2.44. The average Bonchev–Trinajstić information content (AvgIpc) is 3.05. The summed E-state index contributed by atoms with van der Waals surface area (Å²) in [6.07, 6.45) is -4.89. The van der Waals surface area contributed by atoms with Gasteiger partial charge in [-0.1, -0.05) is 92.2 Å². The number of hydrogen-bond acceptors (Lipinski definition) is 4. The summed E-state index contributed by atoms with van der Waals surface area (Å²) in [6, 6.07) is 22.0. The molecule has 0 saturated heterocycles. The lowest BCUT2D eigenvalue weighted by Crippen LogP contribution is -2.54. The highest BCUT2D eigenvalue weighted by Gasteiger charge is 2.37. The minimum atomic E-state index is -4.86. The third kappa shape index (κ3) is 9.13. The number of hydrogen-bond donors (Lipinski definition) is 1. The molecule has 254 valence electrons. The maximum Gasteiger partial charge on any atom is 0.416 e. The van der Waals surface area contributed by atoms with Crippen LogP contribution >= 0.6 is 11.6 Å². The minimum absolute atomic E-state index is 0.0271. The molecule has 0 aliphatic heterocycles. The van der Waals surface area contributed by atoms with Crippen LogP contribution in [-0.2, 0) is 38.8 Å². The Morgan fingerprint density at radius 3 is 2.08 bits per heavy atom. The van der Waals surface area contributed by atoms with Gasteiger partial charge in [0, 0.05) is 25.1 Å². The molecule has 0 bridgehead atoms. The summed E-state index contributed by atoms with van der Waals surface area (Å²) in [7, 11) is -4.72. The molecule has 0 aromatic heterocycles. The number of halogens is 5. The van der Waals surface area contributed by atoms with Crippen LogP contribution < -0.4 is 9.62 Å².